The van der Waals surface area contributed by atoms with E-state index in [0.717, 1.165) is 21.9 Å². The topological polar surface area (TPSA) is 13.1 Å². The summed E-state index contributed by atoms with van der Waals surface area (Å²) in [5.41, 5.74) is 14.7. The van der Waals surface area contributed by atoms with Gasteiger partial charge in [-0.1, -0.05) is 184 Å². The lowest BCUT2D eigenvalue weighted by Gasteiger charge is -2.25. The number of rotatable bonds is 3. The Bertz CT molecular complexity index is 3730. The summed E-state index contributed by atoms with van der Waals surface area (Å²) in [6.07, 6.45) is 0. The first-order valence-electron chi connectivity index (χ1n) is 21.0. The van der Waals surface area contributed by atoms with Crippen LogP contribution >= 0.6 is 0 Å². The highest BCUT2D eigenvalue weighted by atomic mass is 16.3. The van der Waals surface area contributed by atoms with Gasteiger partial charge in [-0.25, -0.2) is 0 Å². The Kier molecular flexibility index (Phi) is 6.85. The Balaban J connectivity index is 1.02. The molecule has 0 spiro atoms. The van der Waals surface area contributed by atoms with E-state index in [2.05, 4.69) is 208 Å². The van der Waals surface area contributed by atoms with Crippen LogP contribution in [0.15, 0.2) is 199 Å². The molecule has 1 heterocycles. The molecule has 0 saturated heterocycles. The molecule has 1 aromatic heterocycles. The zero-order valence-corrected chi connectivity index (χ0v) is 33.4. The Hall–Kier alpha value is -7.48. The van der Waals surface area contributed by atoms with Crippen molar-refractivity contribution in [2.45, 2.75) is 19.3 Å². The molecule has 1 aliphatic rings. The monoisotopic (exact) mass is 762 g/mol. The number of benzene rings is 11. The summed E-state index contributed by atoms with van der Waals surface area (Å²) in [6.45, 7) is 4.80. The molecule has 0 atom stereocenters. The molecule has 1 aliphatic carbocycles. The summed E-state index contributed by atoms with van der Waals surface area (Å²) in [5.74, 6) is 0. The third-order valence-electron chi connectivity index (χ3n) is 13.6. The van der Waals surface area contributed by atoms with E-state index in [4.69, 9.17) is 4.42 Å². The van der Waals surface area contributed by atoms with Gasteiger partial charge in [0, 0.05) is 27.0 Å². The fourth-order valence-electron chi connectivity index (χ4n) is 11.0. The maximum absolute atomic E-state index is 6.91. The van der Waals surface area contributed by atoms with Crippen molar-refractivity contribution >= 4 is 75.8 Å². The van der Waals surface area contributed by atoms with Gasteiger partial charge in [0.1, 0.15) is 11.2 Å². The van der Waals surface area contributed by atoms with Gasteiger partial charge in [-0.05, 0) is 123 Å². The first-order chi connectivity index (χ1) is 29.5. The van der Waals surface area contributed by atoms with E-state index >= 15 is 0 Å². The summed E-state index contributed by atoms with van der Waals surface area (Å²) in [7, 11) is 0. The van der Waals surface area contributed by atoms with Crippen LogP contribution in [0.1, 0.15) is 25.0 Å². The molecule has 0 radical (unpaired) electrons. The molecule has 1 heteroatoms. The van der Waals surface area contributed by atoms with Crippen molar-refractivity contribution in [3.63, 3.8) is 0 Å². The third-order valence-corrected chi connectivity index (χ3v) is 13.6. The van der Waals surface area contributed by atoms with Crippen LogP contribution in [-0.4, -0.2) is 0 Å². The largest absolute Gasteiger partial charge is 0.455 e. The average molecular weight is 763 g/mol. The second-order valence-electron chi connectivity index (χ2n) is 17.1. The molecule has 0 unspecified atom stereocenters. The highest BCUT2D eigenvalue weighted by Crippen LogP contribution is 2.54. The molecule has 11 aromatic carbocycles. The van der Waals surface area contributed by atoms with Gasteiger partial charge in [-0.3, -0.25) is 0 Å². The zero-order valence-electron chi connectivity index (χ0n) is 33.4. The van der Waals surface area contributed by atoms with Crippen molar-refractivity contribution < 1.29 is 4.42 Å². The van der Waals surface area contributed by atoms with Gasteiger partial charge < -0.3 is 4.42 Å². The molecular weight excluding hydrogens is 725 g/mol. The van der Waals surface area contributed by atoms with Gasteiger partial charge >= 0.3 is 0 Å². The summed E-state index contributed by atoms with van der Waals surface area (Å²) < 4.78 is 6.91. The van der Waals surface area contributed by atoms with Crippen LogP contribution in [0, 0.1) is 0 Å². The van der Waals surface area contributed by atoms with Crippen LogP contribution in [0.4, 0.5) is 0 Å². The smallest absolute Gasteiger partial charge is 0.143 e. The molecular formula is C59H38O. The maximum atomic E-state index is 6.91. The van der Waals surface area contributed by atoms with E-state index in [-0.39, 0.29) is 5.41 Å². The quantitative estimate of drug-likeness (QED) is 0.129. The van der Waals surface area contributed by atoms with E-state index in [1.165, 1.54) is 109 Å². The van der Waals surface area contributed by atoms with Crippen LogP contribution < -0.4 is 0 Å². The van der Waals surface area contributed by atoms with Gasteiger partial charge in [0.05, 0.1) is 0 Å². The first-order valence-corrected chi connectivity index (χ1v) is 21.0. The summed E-state index contributed by atoms with van der Waals surface area (Å²) >= 11 is 0. The van der Waals surface area contributed by atoms with Crippen molar-refractivity contribution in [2.24, 2.45) is 0 Å². The standard InChI is InChI=1S/C59H38O/c1-59(2)52-32-29-38(54-45-23-12-10-21-43(45)53(36-16-4-3-5-17-36)44-22-11-13-24-46(44)54)34-51(52)47-26-14-25-39(56(47)59)37-28-30-48-50(33-37)41-19-8-9-20-42(41)55-49-31-27-35-15-6-7-18-40(35)57(49)60-58(48)55/h3-34H,1-2H3. The summed E-state index contributed by atoms with van der Waals surface area (Å²) in [6, 6.07) is 71.8. The molecule has 280 valence electrons. The lowest BCUT2D eigenvalue weighted by molar-refractivity contribution is 0.662. The molecule has 13 rings (SSSR count). The fourth-order valence-corrected chi connectivity index (χ4v) is 11.0. The van der Waals surface area contributed by atoms with Crippen LogP contribution in [0.2, 0.25) is 0 Å². The molecule has 0 amide bonds. The average Bonchev–Trinajstić information content (AvgIpc) is 3.81. The number of fused-ring (bicyclic) bond motifs is 15. The Labute approximate surface area is 347 Å². The van der Waals surface area contributed by atoms with Crippen molar-refractivity contribution in [2.75, 3.05) is 0 Å². The number of hydrogen-bond donors (Lipinski definition) is 0. The molecule has 0 N–H and O–H groups in total. The lowest BCUT2D eigenvalue weighted by Crippen LogP contribution is -2.16. The predicted molar refractivity (Wildman–Crippen MR) is 255 cm³/mol. The number of furan rings is 1. The summed E-state index contributed by atoms with van der Waals surface area (Å²) in [4.78, 5) is 0. The minimum absolute atomic E-state index is 0.206. The number of hydrogen-bond acceptors (Lipinski definition) is 1. The molecule has 1 nitrogen and oxygen atoms in total. The zero-order chi connectivity index (χ0) is 39.7. The SMILES string of the molecule is CC1(C)c2ccc(-c3c4ccccc4c(-c4ccccc4)c4ccccc34)cc2-c2cccc(-c3ccc4c(c3)c3ccccc3c3c5ccc6ccccc6c5oc43)c21. The fraction of sp³-hybridized carbons (Fsp3) is 0.0508. The molecule has 0 saturated carbocycles. The molecule has 0 fully saturated rings. The van der Waals surface area contributed by atoms with Gasteiger partial charge in [0.2, 0.25) is 0 Å². The maximum Gasteiger partial charge on any atom is 0.143 e. The minimum atomic E-state index is -0.206. The Morgan fingerprint density at radius 3 is 1.65 bits per heavy atom. The van der Waals surface area contributed by atoms with E-state index in [1.807, 2.05) is 0 Å². The second kappa shape index (κ2) is 12.3. The van der Waals surface area contributed by atoms with Gasteiger partial charge in [-0.15, -0.1) is 0 Å². The third kappa shape index (κ3) is 4.52. The van der Waals surface area contributed by atoms with Gasteiger partial charge in [-0.2, -0.15) is 0 Å². The van der Waals surface area contributed by atoms with Crippen molar-refractivity contribution in [3.05, 3.63) is 205 Å². The van der Waals surface area contributed by atoms with Crippen LogP contribution in [-0.2, 0) is 5.41 Å². The van der Waals surface area contributed by atoms with E-state index in [0.29, 0.717) is 0 Å². The summed E-state index contributed by atoms with van der Waals surface area (Å²) in [5, 5.41) is 14.6. The molecule has 12 aromatic rings. The molecule has 0 aliphatic heterocycles. The predicted octanol–water partition coefficient (Wildman–Crippen LogP) is 16.7. The van der Waals surface area contributed by atoms with Crippen molar-refractivity contribution in [3.8, 4) is 44.5 Å². The normalized spacial score (nSPS) is 13.3. The highest BCUT2D eigenvalue weighted by Gasteiger charge is 2.38. The highest BCUT2D eigenvalue weighted by molar-refractivity contribution is 6.32. The van der Waals surface area contributed by atoms with E-state index in [1.54, 1.807) is 0 Å². The van der Waals surface area contributed by atoms with Crippen LogP contribution in [0.25, 0.3) is 120 Å². The lowest BCUT2D eigenvalue weighted by atomic mass is 9.78. The minimum Gasteiger partial charge on any atom is -0.455 e. The molecule has 60 heavy (non-hydrogen) atoms. The Morgan fingerprint density at radius 2 is 0.917 bits per heavy atom. The van der Waals surface area contributed by atoms with Gasteiger partial charge in [0.15, 0.2) is 0 Å². The van der Waals surface area contributed by atoms with Crippen LogP contribution in [0.3, 0.4) is 0 Å². The van der Waals surface area contributed by atoms with Gasteiger partial charge in [0.25, 0.3) is 0 Å². The second-order valence-corrected chi connectivity index (χ2v) is 17.1. The molecule has 0 bridgehead atoms. The van der Waals surface area contributed by atoms with E-state index in [9.17, 15) is 0 Å². The Morgan fingerprint density at radius 1 is 0.333 bits per heavy atom. The van der Waals surface area contributed by atoms with E-state index < -0.39 is 0 Å². The first kappa shape index (κ1) is 33.5. The van der Waals surface area contributed by atoms with Crippen molar-refractivity contribution in [1.82, 2.24) is 0 Å². The van der Waals surface area contributed by atoms with Crippen molar-refractivity contribution in [1.29, 1.82) is 0 Å². The van der Waals surface area contributed by atoms with Crippen LogP contribution in [0.5, 0.6) is 0 Å².